The van der Waals surface area contributed by atoms with E-state index in [1.54, 1.807) is 7.11 Å². The van der Waals surface area contributed by atoms with Crippen molar-refractivity contribution in [2.75, 3.05) is 26.7 Å². The van der Waals surface area contributed by atoms with E-state index in [-0.39, 0.29) is 0 Å². The molecule has 0 amide bonds. The molecule has 4 heteroatoms. The van der Waals surface area contributed by atoms with E-state index in [0.717, 1.165) is 13.1 Å². The molecule has 0 bridgehead atoms. The smallest absolute Gasteiger partial charge is 0.0713 e. The highest BCUT2D eigenvalue weighted by Crippen LogP contribution is 2.30. The van der Waals surface area contributed by atoms with Crippen LogP contribution in [0.5, 0.6) is 0 Å². The molecule has 3 unspecified atom stereocenters. The van der Waals surface area contributed by atoms with Crippen LogP contribution in [-0.2, 0) is 11.3 Å². The Balaban J connectivity index is 2.10. The van der Waals surface area contributed by atoms with E-state index in [0.29, 0.717) is 29.7 Å². The molecular weight excluding hydrogens is 268 g/mol. The summed E-state index contributed by atoms with van der Waals surface area (Å²) in [5.74, 6) is 0. The summed E-state index contributed by atoms with van der Waals surface area (Å²) in [5.41, 5.74) is 8.58. The number of ether oxygens (including phenoxy) is 1. The minimum absolute atomic E-state index is 0.331. The zero-order valence-corrected chi connectivity index (χ0v) is 13.5. The van der Waals surface area contributed by atoms with Crippen LogP contribution in [0.2, 0.25) is 0 Å². The van der Waals surface area contributed by atoms with Crippen molar-refractivity contribution in [3.63, 3.8) is 0 Å². The van der Waals surface area contributed by atoms with Crippen LogP contribution in [0.3, 0.4) is 0 Å². The van der Waals surface area contributed by atoms with Gasteiger partial charge in [0.25, 0.3) is 0 Å². The lowest BCUT2D eigenvalue weighted by Gasteiger charge is -2.39. The van der Waals surface area contributed by atoms with Crippen molar-refractivity contribution in [1.29, 1.82) is 0 Å². The highest BCUT2D eigenvalue weighted by atomic mass is 32.2. The fraction of sp³-hybridized carbons (Fsp3) is 0.625. The average molecular weight is 294 g/mol. The van der Waals surface area contributed by atoms with Crippen molar-refractivity contribution in [3.8, 4) is 0 Å². The van der Waals surface area contributed by atoms with Gasteiger partial charge < -0.3 is 10.5 Å². The third-order valence-electron chi connectivity index (χ3n) is 3.79. The molecule has 1 heterocycles. The van der Waals surface area contributed by atoms with E-state index >= 15 is 0 Å². The van der Waals surface area contributed by atoms with Gasteiger partial charge in [-0.1, -0.05) is 38.1 Å². The summed E-state index contributed by atoms with van der Waals surface area (Å²) in [5, 5.41) is 1.36. The van der Waals surface area contributed by atoms with Gasteiger partial charge in [-0.3, -0.25) is 4.90 Å². The maximum Gasteiger partial charge on any atom is 0.0713 e. The van der Waals surface area contributed by atoms with Crippen LogP contribution >= 0.6 is 11.8 Å². The molecule has 3 nitrogen and oxygen atoms in total. The molecular formula is C16H26N2OS. The maximum absolute atomic E-state index is 6.05. The van der Waals surface area contributed by atoms with Gasteiger partial charge in [0.2, 0.25) is 0 Å². The van der Waals surface area contributed by atoms with Gasteiger partial charge in [-0.2, -0.15) is 11.8 Å². The highest BCUT2D eigenvalue weighted by Gasteiger charge is 2.27. The summed E-state index contributed by atoms with van der Waals surface area (Å²) in [6, 6.07) is 9.02. The number of nitrogens with zero attached hydrogens (tertiary/aromatic N) is 1. The SMILES string of the molecule is COCc1ccc(C(CN)N2CC(C)SC(C)C2)cc1. The Kier molecular flexibility index (Phi) is 5.90. The third-order valence-corrected chi connectivity index (χ3v) is 5.01. The van der Waals surface area contributed by atoms with Crippen molar-refractivity contribution >= 4 is 11.8 Å². The molecule has 2 N–H and O–H groups in total. The van der Waals surface area contributed by atoms with Crippen LogP contribution in [0.1, 0.15) is 31.0 Å². The summed E-state index contributed by atoms with van der Waals surface area (Å²) >= 11 is 2.08. The molecule has 0 radical (unpaired) electrons. The molecule has 0 spiro atoms. The van der Waals surface area contributed by atoms with Crippen LogP contribution < -0.4 is 5.73 Å². The standard InChI is InChI=1S/C16H26N2OS/c1-12-9-18(10-13(2)20-12)16(8-17)15-6-4-14(5-7-15)11-19-3/h4-7,12-13,16H,8-11,17H2,1-3H3. The zero-order chi connectivity index (χ0) is 14.5. The molecule has 112 valence electrons. The lowest BCUT2D eigenvalue weighted by atomic mass is 10.0. The Labute approximate surface area is 126 Å². The Hall–Kier alpha value is -0.550. The molecule has 1 aliphatic heterocycles. The van der Waals surface area contributed by atoms with Gasteiger partial charge in [0.15, 0.2) is 0 Å². The van der Waals surface area contributed by atoms with Gasteiger partial charge in [0.05, 0.1) is 6.61 Å². The molecule has 1 aromatic rings. The first kappa shape index (κ1) is 15.8. The highest BCUT2D eigenvalue weighted by molar-refractivity contribution is 8.00. The fourth-order valence-corrected chi connectivity index (χ4v) is 4.32. The van der Waals surface area contributed by atoms with Crippen molar-refractivity contribution in [1.82, 2.24) is 4.90 Å². The van der Waals surface area contributed by atoms with E-state index in [1.165, 1.54) is 11.1 Å². The van der Waals surface area contributed by atoms with Crippen molar-refractivity contribution in [3.05, 3.63) is 35.4 Å². The van der Waals surface area contributed by atoms with Crippen LogP contribution in [0.15, 0.2) is 24.3 Å². The van der Waals surface area contributed by atoms with Crippen LogP contribution in [0.4, 0.5) is 0 Å². The van der Waals surface area contributed by atoms with Gasteiger partial charge in [-0.15, -0.1) is 0 Å². The normalized spacial score (nSPS) is 25.6. The zero-order valence-electron chi connectivity index (χ0n) is 12.7. The van der Waals surface area contributed by atoms with Crippen molar-refractivity contribution in [2.45, 2.75) is 37.0 Å². The molecule has 20 heavy (non-hydrogen) atoms. The topological polar surface area (TPSA) is 38.5 Å². The Bertz CT molecular complexity index is 399. The first-order chi connectivity index (χ1) is 9.63. The number of rotatable bonds is 5. The first-order valence-corrected chi connectivity index (χ1v) is 8.25. The van der Waals surface area contributed by atoms with Gasteiger partial charge in [-0.25, -0.2) is 0 Å². The van der Waals surface area contributed by atoms with E-state index in [4.69, 9.17) is 10.5 Å². The lowest BCUT2D eigenvalue weighted by Crippen LogP contribution is -2.44. The fourth-order valence-electron chi connectivity index (χ4n) is 2.97. The lowest BCUT2D eigenvalue weighted by molar-refractivity contribution is 0.184. The minimum atomic E-state index is 0.331. The molecule has 1 aromatic carbocycles. The number of thioether (sulfide) groups is 1. The van der Waals surface area contributed by atoms with E-state index in [1.807, 2.05) is 0 Å². The van der Waals surface area contributed by atoms with E-state index < -0.39 is 0 Å². The molecule has 1 fully saturated rings. The van der Waals surface area contributed by atoms with E-state index in [9.17, 15) is 0 Å². The molecule has 1 saturated heterocycles. The molecule has 0 saturated carbocycles. The van der Waals surface area contributed by atoms with Crippen LogP contribution in [-0.4, -0.2) is 42.1 Å². The third kappa shape index (κ3) is 3.98. The summed E-state index contributed by atoms with van der Waals surface area (Å²) in [6.45, 7) is 8.20. The number of hydrogen-bond donors (Lipinski definition) is 1. The second-order valence-corrected chi connectivity index (χ2v) is 7.52. The maximum atomic E-state index is 6.05. The Morgan fingerprint density at radius 1 is 1.25 bits per heavy atom. The molecule has 2 rings (SSSR count). The number of hydrogen-bond acceptors (Lipinski definition) is 4. The first-order valence-electron chi connectivity index (χ1n) is 7.31. The minimum Gasteiger partial charge on any atom is -0.380 e. The number of nitrogens with two attached hydrogens (primary N) is 1. The summed E-state index contributed by atoms with van der Waals surface area (Å²) in [6.07, 6.45) is 0. The van der Waals surface area contributed by atoms with Gasteiger partial charge in [-0.05, 0) is 11.1 Å². The molecule has 1 aliphatic rings. The predicted molar refractivity (Wildman–Crippen MR) is 87.0 cm³/mol. The number of methoxy groups -OCH3 is 1. The Morgan fingerprint density at radius 3 is 2.35 bits per heavy atom. The van der Waals surface area contributed by atoms with Crippen LogP contribution in [0.25, 0.3) is 0 Å². The molecule has 0 aromatic heterocycles. The molecule has 3 atom stereocenters. The van der Waals surface area contributed by atoms with Crippen molar-refractivity contribution in [2.24, 2.45) is 5.73 Å². The summed E-state index contributed by atoms with van der Waals surface area (Å²) in [4.78, 5) is 2.54. The molecule has 0 aliphatic carbocycles. The largest absolute Gasteiger partial charge is 0.380 e. The number of benzene rings is 1. The Morgan fingerprint density at radius 2 is 1.85 bits per heavy atom. The second-order valence-electron chi connectivity index (χ2n) is 5.64. The average Bonchev–Trinajstić information content (AvgIpc) is 2.41. The van der Waals surface area contributed by atoms with Crippen molar-refractivity contribution < 1.29 is 4.74 Å². The monoisotopic (exact) mass is 294 g/mol. The van der Waals surface area contributed by atoms with Gasteiger partial charge in [0.1, 0.15) is 0 Å². The van der Waals surface area contributed by atoms with E-state index in [2.05, 4.69) is 54.8 Å². The summed E-state index contributed by atoms with van der Waals surface area (Å²) < 4.78 is 5.16. The predicted octanol–water partition coefficient (Wildman–Crippen LogP) is 2.66. The quantitative estimate of drug-likeness (QED) is 0.906. The van der Waals surface area contributed by atoms with Gasteiger partial charge >= 0.3 is 0 Å². The van der Waals surface area contributed by atoms with Crippen LogP contribution in [0, 0.1) is 0 Å². The summed E-state index contributed by atoms with van der Waals surface area (Å²) in [7, 11) is 1.73. The van der Waals surface area contributed by atoms with Gasteiger partial charge in [0, 0.05) is 43.3 Å². The second kappa shape index (κ2) is 7.46.